The van der Waals surface area contributed by atoms with Gasteiger partial charge in [0.05, 0.1) is 6.10 Å². The van der Waals surface area contributed by atoms with Crippen LogP contribution in [0.25, 0.3) is 0 Å². The van der Waals surface area contributed by atoms with Gasteiger partial charge in [0.1, 0.15) is 5.76 Å². The van der Waals surface area contributed by atoms with Crippen molar-refractivity contribution in [3.8, 4) is 0 Å². The summed E-state index contributed by atoms with van der Waals surface area (Å²) in [6.07, 6.45) is 2.70. The first-order valence-electron chi connectivity index (χ1n) is 3.83. The molecule has 0 atom stereocenters. The van der Waals surface area contributed by atoms with Crippen LogP contribution in [0, 0.1) is 0 Å². The first-order valence-corrected chi connectivity index (χ1v) is 3.83. The van der Waals surface area contributed by atoms with Crippen LogP contribution in [0.2, 0.25) is 0 Å². The molecule has 11 heavy (non-hydrogen) atoms. The van der Waals surface area contributed by atoms with E-state index in [1.807, 2.05) is 20.8 Å². The topological polar surface area (TPSA) is 18.5 Å². The van der Waals surface area contributed by atoms with E-state index in [1.165, 1.54) is 0 Å². The van der Waals surface area contributed by atoms with Crippen molar-refractivity contribution in [3.05, 3.63) is 12.0 Å². The van der Waals surface area contributed by atoms with Crippen molar-refractivity contribution in [2.24, 2.45) is 0 Å². The van der Waals surface area contributed by atoms with Crippen LogP contribution in [0.5, 0.6) is 0 Å². The molecular formula is C8H15FO2. The smallest absolute Gasteiger partial charge is 0.173 e. The molecule has 0 heterocycles. The molecule has 3 heteroatoms. The Labute approximate surface area is 66.9 Å². The van der Waals surface area contributed by atoms with E-state index >= 15 is 0 Å². The van der Waals surface area contributed by atoms with Crippen LogP contribution < -0.4 is 0 Å². The minimum atomic E-state index is 0.0722. The van der Waals surface area contributed by atoms with Gasteiger partial charge in [-0.3, -0.25) is 4.94 Å². The number of hydrogen-bond donors (Lipinski definition) is 0. The van der Waals surface area contributed by atoms with Gasteiger partial charge in [0.2, 0.25) is 0 Å². The summed E-state index contributed by atoms with van der Waals surface area (Å²) in [5.74, 6) is 0.560. The van der Waals surface area contributed by atoms with Crippen molar-refractivity contribution >= 4 is 0 Å². The summed E-state index contributed by atoms with van der Waals surface area (Å²) in [4.78, 5) is 3.37. The number of rotatable bonds is 5. The molecule has 2 nitrogen and oxygen atoms in total. The minimum absolute atomic E-state index is 0.0722. The molecule has 0 aliphatic carbocycles. The molecule has 0 radical (unpaired) electrons. The van der Waals surface area contributed by atoms with Crippen LogP contribution in [0.3, 0.4) is 0 Å². The molecule has 0 aliphatic rings. The lowest BCUT2D eigenvalue weighted by molar-refractivity contribution is -0.0695. The Morgan fingerprint density at radius 3 is 2.55 bits per heavy atom. The first kappa shape index (κ1) is 10.3. The van der Waals surface area contributed by atoms with Gasteiger partial charge in [-0.2, -0.15) is 0 Å². The maximum atomic E-state index is 11.4. The molecule has 0 N–H and O–H groups in total. The van der Waals surface area contributed by atoms with E-state index < -0.39 is 0 Å². The van der Waals surface area contributed by atoms with Gasteiger partial charge in [-0.1, -0.05) is 6.92 Å². The molecule has 0 amide bonds. The Balaban J connectivity index is 3.79. The van der Waals surface area contributed by atoms with E-state index in [9.17, 15) is 4.53 Å². The quantitative estimate of drug-likeness (QED) is 0.578. The van der Waals surface area contributed by atoms with Crippen molar-refractivity contribution in [1.82, 2.24) is 0 Å². The Bertz CT molecular complexity index is 121. The molecular weight excluding hydrogens is 147 g/mol. The highest BCUT2D eigenvalue weighted by Gasteiger charge is 2.00. The van der Waals surface area contributed by atoms with E-state index in [1.54, 1.807) is 0 Å². The highest BCUT2D eigenvalue weighted by Crippen LogP contribution is 2.09. The van der Waals surface area contributed by atoms with Gasteiger partial charge in [-0.05, 0) is 20.3 Å². The normalized spacial score (nSPS) is 11.9. The Morgan fingerprint density at radius 1 is 1.55 bits per heavy atom. The summed E-state index contributed by atoms with van der Waals surface area (Å²) in [5.41, 5.74) is 0. The van der Waals surface area contributed by atoms with Crippen molar-refractivity contribution in [2.45, 2.75) is 39.7 Å². The lowest BCUT2D eigenvalue weighted by atomic mass is 10.3. The maximum Gasteiger partial charge on any atom is 0.173 e. The van der Waals surface area contributed by atoms with Gasteiger partial charge >= 0.3 is 0 Å². The standard InChI is InChI=1S/C8H15FO2/c1-4-5-8(6-10-9)11-7(2)3/h6-7H,4-5H2,1-3H3. The monoisotopic (exact) mass is 162 g/mol. The van der Waals surface area contributed by atoms with Gasteiger partial charge < -0.3 is 4.74 Å². The second-order valence-electron chi connectivity index (χ2n) is 2.59. The van der Waals surface area contributed by atoms with Crippen molar-refractivity contribution in [1.29, 1.82) is 0 Å². The van der Waals surface area contributed by atoms with Crippen LogP contribution in [-0.4, -0.2) is 6.10 Å². The van der Waals surface area contributed by atoms with E-state index in [4.69, 9.17) is 4.74 Å². The van der Waals surface area contributed by atoms with E-state index in [0.29, 0.717) is 12.2 Å². The largest absolute Gasteiger partial charge is 0.492 e. The van der Waals surface area contributed by atoms with Crippen LogP contribution in [0.15, 0.2) is 12.0 Å². The van der Waals surface area contributed by atoms with E-state index in [2.05, 4.69) is 4.94 Å². The molecule has 0 aliphatic heterocycles. The molecule has 0 unspecified atom stereocenters. The summed E-state index contributed by atoms with van der Waals surface area (Å²) in [6, 6.07) is 0. The van der Waals surface area contributed by atoms with Crippen LogP contribution in [-0.2, 0) is 9.68 Å². The third-order valence-electron chi connectivity index (χ3n) is 1.06. The molecule has 0 rings (SSSR count). The molecule has 0 aromatic heterocycles. The summed E-state index contributed by atoms with van der Waals surface area (Å²) in [6.45, 7) is 5.78. The molecule has 0 saturated carbocycles. The SMILES string of the molecule is CCCC(=COF)OC(C)C. The lowest BCUT2D eigenvalue weighted by Gasteiger charge is -2.11. The van der Waals surface area contributed by atoms with Gasteiger partial charge in [0, 0.05) is 10.9 Å². The van der Waals surface area contributed by atoms with Gasteiger partial charge in [0.15, 0.2) is 6.26 Å². The van der Waals surface area contributed by atoms with Crippen LogP contribution in [0.1, 0.15) is 33.6 Å². The Kier molecular flexibility index (Phi) is 5.61. The van der Waals surface area contributed by atoms with Gasteiger partial charge in [-0.15, -0.1) is 0 Å². The fraction of sp³-hybridized carbons (Fsp3) is 0.750. The van der Waals surface area contributed by atoms with Crippen LogP contribution in [0.4, 0.5) is 4.53 Å². The zero-order chi connectivity index (χ0) is 8.69. The lowest BCUT2D eigenvalue weighted by Crippen LogP contribution is -2.02. The number of hydrogen-bond acceptors (Lipinski definition) is 2. The fourth-order valence-electron chi connectivity index (χ4n) is 0.744. The Morgan fingerprint density at radius 2 is 2.18 bits per heavy atom. The predicted octanol–water partition coefficient (Wildman–Crippen LogP) is 2.95. The summed E-state index contributed by atoms with van der Waals surface area (Å²) in [5, 5.41) is 0. The maximum absolute atomic E-state index is 11.4. The highest BCUT2D eigenvalue weighted by atomic mass is 19.3. The summed E-state index contributed by atoms with van der Waals surface area (Å²) in [7, 11) is 0. The first-order chi connectivity index (χ1) is 5.20. The van der Waals surface area contributed by atoms with Gasteiger partial charge in [0.25, 0.3) is 0 Å². The number of halogens is 1. The summed E-state index contributed by atoms with van der Waals surface area (Å²) >= 11 is 0. The molecule has 0 aromatic carbocycles. The van der Waals surface area contributed by atoms with Crippen molar-refractivity contribution in [3.63, 3.8) is 0 Å². The summed E-state index contributed by atoms with van der Waals surface area (Å²) < 4.78 is 16.6. The third-order valence-corrected chi connectivity index (χ3v) is 1.06. The number of ether oxygens (including phenoxy) is 1. The fourth-order valence-corrected chi connectivity index (χ4v) is 0.744. The molecule has 0 saturated heterocycles. The Hall–Kier alpha value is -0.730. The zero-order valence-corrected chi connectivity index (χ0v) is 7.26. The second kappa shape index (κ2) is 6.01. The van der Waals surface area contributed by atoms with Crippen molar-refractivity contribution in [2.75, 3.05) is 0 Å². The van der Waals surface area contributed by atoms with E-state index in [-0.39, 0.29) is 6.10 Å². The predicted molar refractivity (Wildman–Crippen MR) is 41.4 cm³/mol. The van der Waals surface area contributed by atoms with Gasteiger partial charge in [-0.25, -0.2) is 0 Å². The van der Waals surface area contributed by atoms with E-state index in [0.717, 1.165) is 12.7 Å². The highest BCUT2D eigenvalue weighted by molar-refractivity contribution is 4.86. The molecule has 0 spiro atoms. The molecule has 0 aromatic rings. The molecule has 66 valence electrons. The zero-order valence-electron chi connectivity index (χ0n) is 7.26. The molecule has 0 bridgehead atoms. The van der Waals surface area contributed by atoms with Crippen LogP contribution >= 0.6 is 0 Å². The average molecular weight is 162 g/mol. The molecule has 0 fully saturated rings. The van der Waals surface area contributed by atoms with Crippen molar-refractivity contribution < 1.29 is 14.2 Å². The second-order valence-corrected chi connectivity index (χ2v) is 2.59. The average Bonchev–Trinajstić information content (AvgIpc) is 1.87. The minimum Gasteiger partial charge on any atom is -0.492 e. The number of allylic oxidation sites excluding steroid dienone is 1. The third kappa shape index (κ3) is 5.70.